The first-order valence-corrected chi connectivity index (χ1v) is 2.64. The van der Waals surface area contributed by atoms with Crippen LogP contribution in [0.3, 0.4) is 0 Å². The van der Waals surface area contributed by atoms with Gasteiger partial charge in [-0.15, -0.1) is 0 Å². The van der Waals surface area contributed by atoms with Crippen LogP contribution in [0.5, 0.6) is 0 Å². The molecule has 0 saturated heterocycles. The van der Waals surface area contributed by atoms with Gasteiger partial charge in [-0.1, -0.05) is 0 Å². The maximum absolute atomic E-state index is 10.6. The Kier molecular flexibility index (Phi) is 1.59. The Morgan fingerprint density at radius 3 is 2.55 bits per heavy atom. The summed E-state index contributed by atoms with van der Waals surface area (Å²) in [5.74, 6) is -1.62. The van der Waals surface area contributed by atoms with Crippen LogP contribution in [-0.2, 0) is 0 Å². The van der Waals surface area contributed by atoms with Crippen molar-refractivity contribution in [1.29, 1.82) is 0 Å². The van der Waals surface area contributed by atoms with Crippen molar-refractivity contribution in [2.75, 3.05) is 0 Å². The first kappa shape index (κ1) is 7.26. The topological polar surface area (TPSA) is 106 Å². The molecule has 2 N–H and O–H groups in total. The largest absolute Gasteiger partial charge is 0.545 e. The number of aromatic nitrogens is 2. The monoisotopic (exact) mass is 155 g/mol. The molecule has 11 heavy (non-hydrogen) atoms. The van der Waals surface area contributed by atoms with Crippen molar-refractivity contribution in [3.8, 4) is 0 Å². The van der Waals surface area contributed by atoms with Gasteiger partial charge < -0.3 is 14.9 Å². The van der Waals surface area contributed by atoms with Crippen LogP contribution in [0.15, 0.2) is 15.8 Å². The summed E-state index contributed by atoms with van der Waals surface area (Å²) in [5, 5.41) is 10.1. The normalized spacial score (nSPS) is 9.45. The lowest BCUT2D eigenvalue weighted by Crippen LogP contribution is -2.33. The molecule has 1 heterocycles. The van der Waals surface area contributed by atoms with Crippen LogP contribution < -0.4 is 16.4 Å². The number of carboxylic acids is 1. The van der Waals surface area contributed by atoms with E-state index < -0.39 is 22.8 Å². The number of H-pyrrole nitrogens is 2. The van der Waals surface area contributed by atoms with Gasteiger partial charge in [-0.05, 0) is 0 Å². The van der Waals surface area contributed by atoms with E-state index in [9.17, 15) is 19.5 Å². The summed E-state index contributed by atoms with van der Waals surface area (Å²) in [6, 6.07) is 0. The molecule has 0 aromatic carbocycles. The van der Waals surface area contributed by atoms with Gasteiger partial charge >= 0.3 is 5.69 Å². The average molecular weight is 155 g/mol. The van der Waals surface area contributed by atoms with Crippen LogP contribution in [0.4, 0.5) is 0 Å². The fourth-order valence-corrected chi connectivity index (χ4v) is 0.561. The van der Waals surface area contributed by atoms with Gasteiger partial charge in [-0.2, -0.15) is 0 Å². The molecular formula is C5H3N2O4-. The Labute approximate surface area is 59.5 Å². The van der Waals surface area contributed by atoms with Crippen molar-refractivity contribution in [1.82, 2.24) is 9.97 Å². The lowest BCUT2D eigenvalue weighted by Gasteiger charge is -1.96. The number of hydrogen-bond donors (Lipinski definition) is 2. The van der Waals surface area contributed by atoms with Crippen LogP contribution in [0.25, 0.3) is 0 Å². The number of aromatic amines is 2. The van der Waals surface area contributed by atoms with Crippen LogP contribution in [0.1, 0.15) is 10.4 Å². The fraction of sp³-hybridized carbons (Fsp3) is 0. The summed E-state index contributed by atoms with van der Waals surface area (Å²) in [4.78, 5) is 34.7. The van der Waals surface area contributed by atoms with Gasteiger partial charge in [0.25, 0.3) is 5.56 Å². The molecule has 0 atom stereocenters. The second-order valence-corrected chi connectivity index (χ2v) is 1.77. The molecule has 1 rings (SSSR count). The maximum atomic E-state index is 10.6. The molecule has 0 aliphatic carbocycles. The number of carbonyl (C=O) groups is 1. The van der Waals surface area contributed by atoms with E-state index in [2.05, 4.69) is 0 Å². The first-order valence-electron chi connectivity index (χ1n) is 2.64. The lowest BCUT2D eigenvalue weighted by molar-refractivity contribution is -0.255. The molecule has 0 spiro atoms. The smallest absolute Gasteiger partial charge is 0.325 e. The van der Waals surface area contributed by atoms with Crippen LogP contribution >= 0.6 is 0 Å². The highest BCUT2D eigenvalue weighted by Gasteiger charge is 1.98. The minimum Gasteiger partial charge on any atom is -0.545 e. The molecule has 1 aromatic heterocycles. The van der Waals surface area contributed by atoms with Gasteiger partial charge in [-0.3, -0.25) is 9.78 Å². The Morgan fingerprint density at radius 2 is 2.09 bits per heavy atom. The van der Waals surface area contributed by atoms with Crippen molar-refractivity contribution in [2.24, 2.45) is 0 Å². The third-order valence-electron chi connectivity index (χ3n) is 1.04. The minimum atomic E-state index is -1.62. The van der Waals surface area contributed by atoms with Gasteiger partial charge in [-0.25, -0.2) is 4.79 Å². The molecule has 0 bridgehead atoms. The molecule has 0 fully saturated rings. The molecule has 0 aliphatic heterocycles. The Balaban J connectivity index is 3.43. The van der Waals surface area contributed by atoms with E-state index in [4.69, 9.17) is 0 Å². The molecule has 0 amide bonds. The Bertz CT molecular complexity index is 388. The zero-order valence-electron chi connectivity index (χ0n) is 5.21. The third-order valence-corrected chi connectivity index (χ3v) is 1.04. The van der Waals surface area contributed by atoms with E-state index in [1.807, 2.05) is 4.98 Å². The molecule has 0 aliphatic rings. The molecular weight excluding hydrogens is 152 g/mol. The van der Waals surface area contributed by atoms with E-state index in [-0.39, 0.29) is 0 Å². The summed E-state index contributed by atoms with van der Waals surface area (Å²) in [6.45, 7) is 0. The highest BCUT2D eigenvalue weighted by molar-refractivity contribution is 5.84. The van der Waals surface area contributed by atoms with Crippen LogP contribution in [0.2, 0.25) is 0 Å². The molecule has 58 valence electrons. The number of carboxylic acid groups (broad SMARTS) is 1. The third kappa shape index (κ3) is 1.34. The minimum absolute atomic E-state index is 0.593. The number of carbonyl (C=O) groups excluding carboxylic acids is 1. The second-order valence-electron chi connectivity index (χ2n) is 1.77. The van der Waals surface area contributed by atoms with Crippen LogP contribution in [0, 0.1) is 0 Å². The molecule has 0 saturated carbocycles. The van der Waals surface area contributed by atoms with Crippen molar-refractivity contribution >= 4 is 5.97 Å². The van der Waals surface area contributed by atoms with E-state index in [0.29, 0.717) is 0 Å². The molecule has 1 aromatic rings. The van der Waals surface area contributed by atoms with Gasteiger partial charge in [0.05, 0.1) is 11.5 Å². The zero-order chi connectivity index (χ0) is 8.43. The summed E-state index contributed by atoms with van der Waals surface area (Å²) < 4.78 is 0. The first-order chi connectivity index (χ1) is 5.11. The highest BCUT2D eigenvalue weighted by Crippen LogP contribution is 1.77. The fourth-order valence-electron chi connectivity index (χ4n) is 0.561. The lowest BCUT2D eigenvalue weighted by atomic mass is 10.3. The van der Waals surface area contributed by atoms with E-state index >= 15 is 0 Å². The average Bonchev–Trinajstić information content (AvgIpc) is 1.85. The van der Waals surface area contributed by atoms with E-state index in [1.54, 1.807) is 4.98 Å². The predicted octanol–water partition coefficient (Wildman–Crippen LogP) is -2.57. The van der Waals surface area contributed by atoms with Crippen molar-refractivity contribution in [3.05, 3.63) is 32.6 Å². The SMILES string of the molecule is O=C([O-])c1c[nH]c(=O)[nH]c1=O. The number of rotatable bonds is 1. The summed E-state index contributed by atoms with van der Waals surface area (Å²) in [5.41, 5.74) is -2.31. The number of nitrogens with one attached hydrogen (secondary N) is 2. The Morgan fingerprint density at radius 1 is 1.45 bits per heavy atom. The van der Waals surface area contributed by atoms with Gasteiger partial charge in [0.1, 0.15) is 0 Å². The van der Waals surface area contributed by atoms with Crippen LogP contribution in [-0.4, -0.2) is 15.9 Å². The zero-order valence-corrected chi connectivity index (χ0v) is 5.21. The maximum Gasteiger partial charge on any atom is 0.325 e. The molecule has 0 unspecified atom stereocenters. The molecule has 0 radical (unpaired) electrons. The standard InChI is InChI=1S/C5H4N2O4/c8-3-2(4(9)10)1-6-5(11)7-3/h1H,(H,9,10)(H2,6,7,8,11)/p-1. The van der Waals surface area contributed by atoms with E-state index in [1.165, 1.54) is 0 Å². The van der Waals surface area contributed by atoms with Gasteiger partial charge in [0.2, 0.25) is 0 Å². The number of hydrogen-bond acceptors (Lipinski definition) is 4. The summed E-state index contributed by atoms with van der Waals surface area (Å²) in [7, 11) is 0. The Hall–Kier alpha value is -1.85. The van der Waals surface area contributed by atoms with Gasteiger partial charge in [0.15, 0.2) is 0 Å². The van der Waals surface area contributed by atoms with Crippen molar-refractivity contribution in [2.45, 2.75) is 0 Å². The second kappa shape index (κ2) is 2.41. The van der Waals surface area contributed by atoms with E-state index in [0.717, 1.165) is 6.20 Å². The van der Waals surface area contributed by atoms with Gasteiger partial charge in [0, 0.05) is 6.20 Å². The molecule has 6 heteroatoms. The summed E-state index contributed by atoms with van der Waals surface area (Å²) >= 11 is 0. The van der Waals surface area contributed by atoms with Crippen molar-refractivity contribution < 1.29 is 9.90 Å². The van der Waals surface area contributed by atoms with Crippen molar-refractivity contribution in [3.63, 3.8) is 0 Å². The quantitative estimate of drug-likeness (QED) is 0.464. The molecule has 6 nitrogen and oxygen atoms in total. The number of aromatic carboxylic acids is 1. The highest BCUT2D eigenvalue weighted by atomic mass is 16.4. The summed E-state index contributed by atoms with van der Waals surface area (Å²) in [6.07, 6.45) is 0.788. The predicted molar refractivity (Wildman–Crippen MR) is 32.0 cm³/mol.